The third-order valence-corrected chi connectivity index (χ3v) is 3.94. The topological polar surface area (TPSA) is 55.1 Å². The highest BCUT2D eigenvalue weighted by atomic mass is 19.1. The minimum absolute atomic E-state index is 0.0516. The van der Waals surface area contributed by atoms with Gasteiger partial charge in [-0.15, -0.1) is 0 Å². The summed E-state index contributed by atoms with van der Waals surface area (Å²) < 4.78 is 13.8. The van der Waals surface area contributed by atoms with Crippen molar-refractivity contribution < 1.29 is 9.18 Å². The molecule has 4 heteroatoms. The molecule has 108 valence electrons. The Kier molecular flexibility index (Phi) is 3.71. The summed E-state index contributed by atoms with van der Waals surface area (Å²) >= 11 is 0. The maximum atomic E-state index is 13.8. The maximum Gasteiger partial charge on any atom is 0.252 e. The fraction of sp³-hybridized carbons (Fsp3) is 0.235. The molecular weight excluding hydrogens is 267 g/mol. The number of carbonyl (C=O) groups is 1. The molecule has 1 heterocycles. The Balaban J connectivity index is 1.97. The van der Waals surface area contributed by atoms with Crippen molar-refractivity contribution in [1.82, 2.24) is 5.32 Å². The first-order valence-electron chi connectivity index (χ1n) is 7.09. The standard InChI is InChI=1S/C17H17FN2O/c18-14-4-1-3-13(16(14)17(19)21)11-6-8-12(9-7-11)15-5-2-10-20-15/h1,3-4,6-9,15,20H,2,5,10H2,(H2,19,21)/t15-/m1/s1. The number of hydrogen-bond acceptors (Lipinski definition) is 2. The smallest absolute Gasteiger partial charge is 0.252 e. The van der Waals surface area contributed by atoms with Crippen LogP contribution in [0.2, 0.25) is 0 Å². The van der Waals surface area contributed by atoms with Crippen molar-refractivity contribution in [2.45, 2.75) is 18.9 Å². The number of primary amides is 1. The van der Waals surface area contributed by atoms with E-state index in [4.69, 9.17) is 5.73 Å². The lowest BCUT2D eigenvalue weighted by Gasteiger charge is -2.12. The summed E-state index contributed by atoms with van der Waals surface area (Å²) in [6.45, 7) is 1.04. The van der Waals surface area contributed by atoms with Gasteiger partial charge in [0.25, 0.3) is 5.91 Å². The molecule has 1 amide bonds. The number of nitrogens with one attached hydrogen (secondary N) is 1. The van der Waals surface area contributed by atoms with E-state index in [9.17, 15) is 9.18 Å². The zero-order valence-electron chi connectivity index (χ0n) is 11.6. The zero-order valence-corrected chi connectivity index (χ0v) is 11.6. The highest BCUT2D eigenvalue weighted by Crippen LogP contribution is 2.29. The van der Waals surface area contributed by atoms with Crippen LogP contribution in [0.5, 0.6) is 0 Å². The monoisotopic (exact) mass is 284 g/mol. The van der Waals surface area contributed by atoms with Gasteiger partial charge < -0.3 is 11.1 Å². The van der Waals surface area contributed by atoms with Crippen molar-refractivity contribution in [3.8, 4) is 11.1 Å². The summed E-state index contributed by atoms with van der Waals surface area (Å²) in [5.41, 5.74) is 7.79. The Bertz CT molecular complexity index is 661. The summed E-state index contributed by atoms with van der Waals surface area (Å²) in [7, 11) is 0. The molecule has 3 nitrogen and oxygen atoms in total. The van der Waals surface area contributed by atoms with Gasteiger partial charge in [0, 0.05) is 6.04 Å². The number of benzene rings is 2. The van der Waals surface area contributed by atoms with Gasteiger partial charge >= 0.3 is 0 Å². The first-order chi connectivity index (χ1) is 10.2. The average Bonchev–Trinajstić information content (AvgIpc) is 3.01. The molecule has 0 spiro atoms. The van der Waals surface area contributed by atoms with Crippen LogP contribution in [0.4, 0.5) is 4.39 Å². The van der Waals surface area contributed by atoms with E-state index in [1.807, 2.05) is 24.3 Å². The van der Waals surface area contributed by atoms with Crippen molar-refractivity contribution >= 4 is 5.91 Å². The van der Waals surface area contributed by atoms with Gasteiger partial charge in [-0.05, 0) is 42.1 Å². The summed E-state index contributed by atoms with van der Waals surface area (Å²) in [5.74, 6) is -1.33. The van der Waals surface area contributed by atoms with E-state index in [0.29, 0.717) is 11.6 Å². The Morgan fingerprint density at radius 2 is 1.95 bits per heavy atom. The molecule has 1 saturated heterocycles. The molecule has 0 aliphatic carbocycles. The second-order valence-electron chi connectivity index (χ2n) is 5.30. The predicted molar refractivity (Wildman–Crippen MR) is 80.3 cm³/mol. The Labute approximate surface area is 123 Å². The first-order valence-corrected chi connectivity index (χ1v) is 7.09. The SMILES string of the molecule is NC(=O)c1c(F)cccc1-c1ccc([C@H]2CCCN2)cc1. The lowest BCUT2D eigenvalue weighted by Crippen LogP contribution is -2.15. The molecule has 0 saturated carbocycles. The van der Waals surface area contributed by atoms with Gasteiger partial charge in [0.1, 0.15) is 5.82 Å². The van der Waals surface area contributed by atoms with Gasteiger partial charge in [-0.25, -0.2) is 4.39 Å². The van der Waals surface area contributed by atoms with Crippen LogP contribution in [-0.4, -0.2) is 12.5 Å². The van der Waals surface area contributed by atoms with Crippen LogP contribution in [0.15, 0.2) is 42.5 Å². The van der Waals surface area contributed by atoms with Gasteiger partial charge in [0.15, 0.2) is 0 Å². The predicted octanol–water partition coefficient (Wildman–Crippen LogP) is 3.02. The quantitative estimate of drug-likeness (QED) is 0.910. The van der Waals surface area contributed by atoms with E-state index in [0.717, 1.165) is 18.5 Å². The van der Waals surface area contributed by atoms with Crippen LogP contribution >= 0.6 is 0 Å². The fourth-order valence-electron chi connectivity index (χ4n) is 2.88. The van der Waals surface area contributed by atoms with Gasteiger partial charge in [-0.2, -0.15) is 0 Å². The summed E-state index contributed by atoms with van der Waals surface area (Å²) in [6.07, 6.45) is 2.31. The molecule has 3 N–H and O–H groups in total. The van der Waals surface area contributed by atoms with E-state index in [-0.39, 0.29) is 5.56 Å². The molecule has 1 atom stereocenters. The lowest BCUT2D eigenvalue weighted by atomic mass is 9.96. The molecular formula is C17H17FN2O. The third-order valence-electron chi connectivity index (χ3n) is 3.94. The van der Waals surface area contributed by atoms with Crippen molar-refractivity contribution in [3.05, 3.63) is 59.4 Å². The van der Waals surface area contributed by atoms with E-state index in [1.54, 1.807) is 12.1 Å². The van der Waals surface area contributed by atoms with Crippen molar-refractivity contribution in [3.63, 3.8) is 0 Å². The van der Waals surface area contributed by atoms with Gasteiger partial charge in [0.05, 0.1) is 5.56 Å². The number of hydrogen-bond donors (Lipinski definition) is 2. The highest BCUT2D eigenvalue weighted by Gasteiger charge is 2.18. The maximum absolute atomic E-state index is 13.8. The second-order valence-corrected chi connectivity index (χ2v) is 5.30. The van der Waals surface area contributed by atoms with E-state index >= 15 is 0 Å². The molecule has 3 rings (SSSR count). The number of halogens is 1. The molecule has 1 aliphatic heterocycles. The van der Waals surface area contributed by atoms with E-state index in [1.165, 1.54) is 18.1 Å². The van der Waals surface area contributed by atoms with Crippen LogP contribution in [0.1, 0.15) is 34.8 Å². The lowest BCUT2D eigenvalue weighted by molar-refractivity contribution is 0.0997. The Morgan fingerprint density at radius 3 is 2.57 bits per heavy atom. The Morgan fingerprint density at radius 1 is 1.19 bits per heavy atom. The number of carbonyl (C=O) groups excluding carboxylic acids is 1. The normalized spacial score (nSPS) is 17.9. The van der Waals surface area contributed by atoms with Gasteiger partial charge in [0.2, 0.25) is 0 Å². The molecule has 0 bridgehead atoms. The molecule has 1 aliphatic rings. The number of nitrogens with two attached hydrogens (primary N) is 1. The minimum atomic E-state index is -0.746. The highest BCUT2D eigenvalue weighted by molar-refractivity contribution is 6.00. The van der Waals surface area contributed by atoms with Crippen molar-refractivity contribution in [2.24, 2.45) is 5.73 Å². The summed E-state index contributed by atoms with van der Waals surface area (Å²) in [4.78, 5) is 11.5. The van der Waals surface area contributed by atoms with Crippen LogP contribution in [0.3, 0.4) is 0 Å². The van der Waals surface area contributed by atoms with Crippen LogP contribution < -0.4 is 11.1 Å². The fourth-order valence-corrected chi connectivity index (χ4v) is 2.88. The molecule has 1 fully saturated rings. The van der Waals surface area contributed by atoms with Crippen LogP contribution in [-0.2, 0) is 0 Å². The average molecular weight is 284 g/mol. The van der Waals surface area contributed by atoms with Crippen molar-refractivity contribution in [2.75, 3.05) is 6.54 Å². The molecule has 2 aromatic carbocycles. The molecule has 0 radical (unpaired) electrons. The third kappa shape index (κ3) is 2.67. The summed E-state index contributed by atoms with van der Waals surface area (Å²) in [6, 6.07) is 12.8. The van der Waals surface area contributed by atoms with Crippen LogP contribution in [0, 0.1) is 5.82 Å². The van der Waals surface area contributed by atoms with E-state index < -0.39 is 11.7 Å². The molecule has 0 unspecified atom stereocenters. The first kappa shape index (κ1) is 13.8. The summed E-state index contributed by atoms with van der Waals surface area (Å²) in [5, 5.41) is 3.44. The molecule has 21 heavy (non-hydrogen) atoms. The molecule has 0 aromatic heterocycles. The largest absolute Gasteiger partial charge is 0.365 e. The van der Waals surface area contributed by atoms with E-state index in [2.05, 4.69) is 5.32 Å². The van der Waals surface area contributed by atoms with Gasteiger partial charge in [-0.1, -0.05) is 36.4 Å². The van der Waals surface area contributed by atoms with Crippen molar-refractivity contribution in [1.29, 1.82) is 0 Å². The number of amides is 1. The number of rotatable bonds is 3. The minimum Gasteiger partial charge on any atom is -0.365 e. The Hall–Kier alpha value is -2.20. The zero-order chi connectivity index (χ0) is 14.8. The van der Waals surface area contributed by atoms with Crippen LogP contribution in [0.25, 0.3) is 11.1 Å². The van der Waals surface area contributed by atoms with Gasteiger partial charge in [-0.3, -0.25) is 4.79 Å². The second kappa shape index (κ2) is 5.66. The molecule has 2 aromatic rings.